The van der Waals surface area contributed by atoms with Crippen molar-refractivity contribution < 1.29 is 18.0 Å². The van der Waals surface area contributed by atoms with Crippen LogP contribution in [0.5, 0.6) is 0 Å². The zero-order valence-corrected chi connectivity index (χ0v) is 29.1. The van der Waals surface area contributed by atoms with Gasteiger partial charge in [0, 0.05) is 73.7 Å². The summed E-state index contributed by atoms with van der Waals surface area (Å²) in [6.07, 6.45) is 7.48. The monoisotopic (exact) mass is 660 g/mol. The van der Waals surface area contributed by atoms with Crippen LogP contribution in [0.2, 0.25) is 0 Å². The molecule has 2 amide bonds. The van der Waals surface area contributed by atoms with E-state index >= 15 is 0 Å². The van der Waals surface area contributed by atoms with Crippen LogP contribution in [0.4, 0.5) is 5.82 Å². The fourth-order valence-electron chi connectivity index (χ4n) is 7.44. The maximum Gasteiger partial charge on any atom is 0.252 e. The van der Waals surface area contributed by atoms with Crippen LogP contribution < -0.4 is 15.5 Å². The lowest BCUT2D eigenvalue weighted by molar-refractivity contribution is -0.129. The largest absolute Gasteiger partial charge is 0.354 e. The number of piperidine rings is 1. The lowest BCUT2D eigenvalue weighted by atomic mass is 9.84. The van der Waals surface area contributed by atoms with Crippen molar-refractivity contribution in [1.82, 2.24) is 24.5 Å². The Morgan fingerprint density at radius 1 is 1.15 bits per heavy atom. The first-order valence-electron chi connectivity index (χ1n) is 16.9. The number of rotatable bonds is 10. The minimum Gasteiger partial charge on any atom is -0.354 e. The molecule has 0 radical (unpaired) electrons. The Balaban J connectivity index is 1.37. The maximum absolute atomic E-state index is 14.1. The number of hydrogen-bond acceptors (Lipinski definition) is 7. The third-order valence-corrected chi connectivity index (χ3v) is 13.0. The summed E-state index contributed by atoms with van der Waals surface area (Å²) in [5.41, 5.74) is 3.03. The molecule has 0 spiro atoms. The Labute approximate surface area is 278 Å². The van der Waals surface area contributed by atoms with Crippen LogP contribution in [-0.2, 0) is 14.8 Å². The molecular weight excluding hydrogens is 613 g/mol. The molecular formula is C36H48N6O4S. The van der Waals surface area contributed by atoms with E-state index in [1.54, 1.807) is 18.5 Å². The molecule has 1 aliphatic carbocycles. The fourth-order valence-corrected chi connectivity index (χ4v) is 9.50. The first-order chi connectivity index (χ1) is 22.3. The maximum atomic E-state index is 14.1. The second kappa shape index (κ2) is 12.7. The molecule has 3 atom stereocenters. The Morgan fingerprint density at radius 2 is 1.87 bits per heavy atom. The molecule has 3 aromatic rings. The molecule has 47 heavy (non-hydrogen) atoms. The summed E-state index contributed by atoms with van der Waals surface area (Å²) < 4.78 is 28.8. The number of carbonyl (C=O) groups excluding carboxylic acids is 2. The third kappa shape index (κ3) is 6.20. The highest BCUT2D eigenvalue weighted by atomic mass is 32.2. The number of fused-ring (bicyclic) bond motifs is 1. The third-order valence-electron chi connectivity index (χ3n) is 10.5. The van der Waals surface area contributed by atoms with E-state index in [1.165, 1.54) is 3.97 Å². The number of aryl methyl sites for hydroxylation is 1. The first-order valence-corrected chi connectivity index (χ1v) is 18.3. The first kappa shape index (κ1) is 33.2. The molecule has 3 unspecified atom stereocenters. The average molecular weight is 661 g/mol. The van der Waals surface area contributed by atoms with Gasteiger partial charge in [-0.15, -0.1) is 6.58 Å². The lowest BCUT2D eigenvalue weighted by Crippen LogP contribution is -2.50. The van der Waals surface area contributed by atoms with Crippen LogP contribution in [0, 0.1) is 18.8 Å². The summed E-state index contributed by atoms with van der Waals surface area (Å²) in [7, 11) is -3.78. The summed E-state index contributed by atoms with van der Waals surface area (Å²) in [5, 5.41) is 6.61. The van der Waals surface area contributed by atoms with Crippen molar-refractivity contribution in [2.75, 3.05) is 37.6 Å². The van der Waals surface area contributed by atoms with Gasteiger partial charge in [0.2, 0.25) is 15.9 Å². The van der Waals surface area contributed by atoms with E-state index in [2.05, 4.69) is 40.9 Å². The van der Waals surface area contributed by atoms with Crippen molar-refractivity contribution in [2.45, 2.75) is 77.1 Å². The van der Waals surface area contributed by atoms with Gasteiger partial charge >= 0.3 is 0 Å². The van der Waals surface area contributed by atoms with Crippen LogP contribution in [0.3, 0.4) is 0 Å². The number of benzene rings is 1. The van der Waals surface area contributed by atoms with Gasteiger partial charge < -0.3 is 15.5 Å². The number of aromatic nitrogens is 2. The summed E-state index contributed by atoms with van der Waals surface area (Å²) in [6, 6.07) is 8.28. The van der Waals surface area contributed by atoms with Crippen LogP contribution >= 0.6 is 0 Å². The zero-order chi connectivity index (χ0) is 33.7. The van der Waals surface area contributed by atoms with E-state index in [9.17, 15) is 18.0 Å². The topological polar surface area (TPSA) is 117 Å². The van der Waals surface area contributed by atoms with Gasteiger partial charge in [0.05, 0.1) is 16.2 Å². The normalized spacial score (nSPS) is 23.1. The van der Waals surface area contributed by atoms with Crippen molar-refractivity contribution >= 4 is 38.6 Å². The molecule has 10 nitrogen and oxygen atoms in total. The number of nitrogens with one attached hydrogen (secondary N) is 2. The molecule has 1 aromatic carbocycles. The summed E-state index contributed by atoms with van der Waals surface area (Å²) in [4.78, 5) is 36.3. The Kier molecular flexibility index (Phi) is 8.99. The highest BCUT2D eigenvalue weighted by Gasteiger charge is 2.54. The number of hydrogen-bond donors (Lipinski definition) is 2. The summed E-state index contributed by atoms with van der Waals surface area (Å²) in [5.74, 6) is 0.280. The van der Waals surface area contributed by atoms with Gasteiger partial charge in [-0.3, -0.25) is 14.5 Å². The quantitative estimate of drug-likeness (QED) is 0.303. The Hall–Kier alpha value is -3.70. The molecule has 3 fully saturated rings. The lowest BCUT2D eigenvalue weighted by Gasteiger charge is -2.37. The predicted molar refractivity (Wildman–Crippen MR) is 187 cm³/mol. The highest BCUT2D eigenvalue weighted by molar-refractivity contribution is 7.91. The number of piperazine rings is 1. The molecule has 252 valence electrons. The SMILES string of the molecule is C=CCC1(S(=O)(=O)n2cc(C)c3c(C(=O)NCC4C(=O)NC(C)CC4C)cc(-c4ccc(N5CCN(C(C)C)CC5)nc4)cc32)CC1. The fraction of sp³-hybridized carbons (Fsp3) is 0.528. The molecule has 0 bridgehead atoms. The Bertz CT molecular complexity index is 1790. The van der Waals surface area contributed by atoms with E-state index in [0.29, 0.717) is 52.9 Å². The number of pyridine rings is 1. The van der Waals surface area contributed by atoms with Crippen molar-refractivity contribution in [3.8, 4) is 11.1 Å². The standard InChI is InChI=1S/C36H48N6O4S/c1-7-10-36(11-12-36)47(45,46)42-22-25(5)33-29(34(43)38-21-30-24(4)17-26(6)39-35(30)44)18-28(19-31(33)42)27-8-9-32(37-20-27)41-15-13-40(14-16-41)23(2)3/h7-9,18-20,22-24,26,30H,1,10-17,21H2,2-6H3,(H,38,43)(H,39,44). The molecule has 3 aliphatic rings. The van der Waals surface area contributed by atoms with Crippen molar-refractivity contribution in [1.29, 1.82) is 0 Å². The summed E-state index contributed by atoms with van der Waals surface area (Å²) in [6.45, 7) is 18.1. The van der Waals surface area contributed by atoms with Crippen molar-refractivity contribution in [2.24, 2.45) is 11.8 Å². The predicted octanol–water partition coefficient (Wildman–Crippen LogP) is 4.72. The minimum absolute atomic E-state index is 0.0578. The number of nitrogens with zero attached hydrogens (tertiary/aromatic N) is 4. The van der Waals surface area contributed by atoms with Crippen LogP contribution in [0.1, 0.15) is 69.3 Å². The van der Waals surface area contributed by atoms with Gasteiger partial charge in [0.1, 0.15) is 5.82 Å². The second-order valence-corrected chi connectivity index (χ2v) is 16.4. The molecule has 2 N–H and O–H groups in total. The minimum atomic E-state index is -3.78. The van der Waals surface area contributed by atoms with Gasteiger partial charge in [-0.1, -0.05) is 13.0 Å². The molecule has 1 saturated carbocycles. The summed E-state index contributed by atoms with van der Waals surface area (Å²) >= 11 is 0. The Morgan fingerprint density at radius 3 is 2.47 bits per heavy atom. The second-order valence-electron chi connectivity index (χ2n) is 14.2. The van der Waals surface area contributed by atoms with Gasteiger partial charge in [0.15, 0.2) is 0 Å². The van der Waals surface area contributed by atoms with E-state index in [4.69, 9.17) is 4.98 Å². The van der Waals surface area contributed by atoms with Crippen molar-refractivity contribution in [3.05, 3.63) is 60.4 Å². The zero-order valence-electron chi connectivity index (χ0n) is 28.3. The molecule has 11 heteroatoms. The molecule has 6 rings (SSSR count). The number of allylic oxidation sites excluding steroid dienone is 1. The number of carbonyl (C=O) groups is 2. The van der Waals surface area contributed by atoms with Crippen LogP contribution in [0.15, 0.2) is 49.3 Å². The highest BCUT2D eigenvalue weighted by Crippen LogP contribution is 2.49. The average Bonchev–Trinajstić information content (AvgIpc) is 3.76. The van der Waals surface area contributed by atoms with Gasteiger partial charge in [0.25, 0.3) is 5.91 Å². The molecule has 2 saturated heterocycles. The van der Waals surface area contributed by atoms with Gasteiger partial charge in [-0.2, -0.15) is 0 Å². The van der Waals surface area contributed by atoms with Crippen molar-refractivity contribution in [3.63, 3.8) is 0 Å². The van der Waals surface area contributed by atoms with E-state index in [1.807, 2.05) is 45.0 Å². The van der Waals surface area contributed by atoms with E-state index < -0.39 is 14.8 Å². The van der Waals surface area contributed by atoms with Crippen LogP contribution in [-0.4, -0.2) is 83.6 Å². The molecule has 4 heterocycles. The van der Waals surface area contributed by atoms with E-state index in [-0.39, 0.29) is 36.2 Å². The molecule has 2 aromatic heterocycles. The van der Waals surface area contributed by atoms with Gasteiger partial charge in [-0.25, -0.2) is 17.4 Å². The molecule has 2 aliphatic heterocycles. The van der Waals surface area contributed by atoms with Gasteiger partial charge in [-0.05, 0) is 94.7 Å². The number of amides is 2. The van der Waals surface area contributed by atoms with E-state index in [0.717, 1.165) is 44.0 Å². The van der Waals surface area contributed by atoms with Crippen LogP contribution in [0.25, 0.3) is 22.0 Å². The number of anilines is 1. The smallest absolute Gasteiger partial charge is 0.252 e.